The molecule has 0 saturated heterocycles. The zero-order chi connectivity index (χ0) is 15.9. The number of aryl methyl sites for hydroxylation is 1. The van der Waals surface area contributed by atoms with Gasteiger partial charge in [-0.1, -0.05) is 18.2 Å². The molecule has 0 bridgehead atoms. The Balaban J connectivity index is 2.10. The third-order valence-corrected chi connectivity index (χ3v) is 6.76. The summed E-state index contributed by atoms with van der Waals surface area (Å²) in [6.45, 7) is 1.73. The molecule has 0 radical (unpaired) electrons. The van der Waals surface area contributed by atoms with Crippen LogP contribution in [0.4, 0.5) is 5.69 Å². The molecule has 22 heavy (non-hydrogen) atoms. The highest BCUT2D eigenvalue weighted by atomic mass is 32.2. The second kappa shape index (κ2) is 5.36. The van der Waals surface area contributed by atoms with Gasteiger partial charge in [-0.2, -0.15) is 0 Å². The zero-order valence-electron chi connectivity index (χ0n) is 11.8. The Morgan fingerprint density at radius 2 is 2.18 bits per heavy atom. The first kappa shape index (κ1) is 15.0. The third kappa shape index (κ3) is 2.48. The van der Waals surface area contributed by atoms with Gasteiger partial charge in [0.05, 0.1) is 29.4 Å². The van der Waals surface area contributed by atoms with E-state index in [-0.39, 0.29) is 10.6 Å². The fourth-order valence-corrected chi connectivity index (χ4v) is 5.56. The highest BCUT2D eigenvalue weighted by Gasteiger charge is 2.40. The molecule has 6 nitrogen and oxygen atoms in total. The molecule has 3 rings (SSSR count). The summed E-state index contributed by atoms with van der Waals surface area (Å²) in [5, 5.41) is 9.73. The van der Waals surface area contributed by atoms with E-state index in [1.54, 1.807) is 19.1 Å². The van der Waals surface area contributed by atoms with Gasteiger partial charge in [0.1, 0.15) is 0 Å². The van der Waals surface area contributed by atoms with Crippen LogP contribution in [0.15, 0.2) is 34.7 Å². The summed E-state index contributed by atoms with van der Waals surface area (Å²) >= 11 is 1.09. The smallest absolute Gasteiger partial charge is 0.305 e. The number of anilines is 1. The van der Waals surface area contributed by atoms with E-state index in [2.05, 4.69) is 4.98 Å². The predicted octanol–water partition coefficient (Wildman–Crippen LogP) is 2.05. The Morgan fingerprint density at radius 1 is 1.45 bits per heavy atom. The number of carbonyl (C=O) groups is 1. The standard InChI is InChI=1S/C14H14N2O4S2/c1-9-15-8-14(21-9)22(19,20)16-11(7-13(17)18)6-10-4-2-3-5-12(10)16/h2-5,8,11H,6-7H2,1H3,(H,17,18)/t11-/m0/s1. The number of fused-ring (bicyclic) bond motifs is 1. The Labute approximate surface area is 132 Å². The van der Waals surface area contributed by atoms with Crippen molar-refractivity contribution in [2.75, 3.05) is 4.31 Å². The molecule has 1 aliphatic rings. The summed E-state index contributed by atoms with van der Waals surface area (Å²) in [5.41, 5.74) is 1.40. The van der Waals surface area contributed by atoms with Crippen LogP contribution in [0.25, 0.3) is 0 Å². The van der Waals surface area contributed by atoms with Crippen LogP contribution in [0.1, 0.15) is 17.0 Å². The Morgan fingerprint density at radius 3 is 2.82 bits per heavy atom. The minimum absolute atomic E-state index is 0.136. The van der Waals surface area contributed by atoms with Gasteiger partial charge < -0.3 is 5.11 Å². The maximum absolute atomic E-state index is 12.9. The molecule has 1 aromatic heterocycles. The normalized spacial score (nSPS) is 17.5. The number of nitrogens with zero attached hydrogens (tertiary/aromatic N) is 2. The minimum Gasteiger partial charge on any atom is -0.481 e. The Bertz CT molecular complexity index is 829. The number of sulfonamides is 1. The number of aromatic nitrogens is 1. The second-order valence-electron chi connectivity index (χ2n) is 5.08. The summed E-state index contributed by atoms with van der Waals surface area (Å²) in [5.74, 6) is -1.02. The first-order valence-electron chi connectivity index (χ1n) is 6.66. The molecule has 1 aromatic carbocycles. The number of hydrogen-bond acceptors (Lipinski definition) is 5. The summed E-state index contributed by atoms with van der Waals surface area (Å²) in [7, 11) is -3.80. The lowest BCUT2D eigenvalue weighted by Gasteiger charge is -2.25. The van der Waals surface area contributed by atoms with E-state index in [1.165, 1.54) is 10.5 Å². The van der Waals surface area contributed by atoms with Gasteiger partial charge in [0.25, 0.3) is 10.0 Å². The fraction of sp³-hybridized carbons (Fsp3) is 0.286. The van der Waals surface area contributed by atoms with Crippen molar-refractivity contribution in [3.05, 3.63) is 41.0 Å². The number of para-hydroxylation sites is 1. The van der Waals surface area contributed by atoms with E-state index >= 15 is 0 Å². The molecule has 0 saturated carbocycles. The van der Waals surface area contributed by atoms with E-state index in [0.29, 0.717) is 17.1 Å². The van der Waals surface area contributed by atoms with Gasteiger partial charge in [-0.15, -0.1) is 11.3 Å². The van der Waals surface area contributed by atoms with Crippen molar-refractivity contribution < 1.29 is 18.3 Å². The average molecular weight is 338 g/mol. The van der Waals surface area contributed by atoms with Gasteiger partial charge >= 0.3 is 5.97 Å². The molecule has 2 aromatic rings. The first-order valence-corrected chi connectivity index (χ1v) is 8.92. The largest absolute Gasteiger partial charge is 0.481 e. The summed E-state index contributed by atoms with van der Waals surface area (Å²) in [6, 6.07) is 6.51. The number of carboxylic acid groups (broad SMARTS) is 1. The molecule has 1 aliphatic heterocycles. The van der Waals surface area contributed by atoms with E-state index in [9.17, 15) is 13.2 Å². The molecule has 116 valence electrons. The number of hydrogen-bond donors (Lipinski definition) is 1. The number of thiazole rings is 1. The van der Waals surface area contributed by atoms with Gasteiger partial charge in [0.15, 0.2) is 4.21 Å². The third-order valence-electron chi connectivity index (χ3n) is 3.54. The van der Waals surface area contributed by atoms with E-state index in [4.69, 9.17) is 5.11 Å². The van der Waals surface area contributed by atoms with Crippen molar-refractivity contribution in [1.82, 2.24) is 4.98 Å². The SMILES string of the molecule is Cc1ncc(S(=O)(=O)N2c3ccccc3C[C@H]2CC(=O)O)s1. The molecule has 1 N–H and O–H groups in total. The monoisotopic (exact) mass is 338 g/mol. The van der Waals surface area contributed by atoms with E-state index < -0.39 is 22.0 Å². The van der Waals surface area contributed by atoms with Crippen molar-refractivity contribution in [3.63, 3.8) is 0 Å². The lowest BCUT2D eigenvalue weighted by atomic mass is 10.1. The minimum atomic E-state index is -3.80. The van der Waals surface area contributed by atoms with Crippen LogP contribution in [0.3, 0.4) is 0 Å². The number of benzene rings is 1. The van der Waals surface area contributed by atoms with Crippen LogP contribution >= 0.6 is 11.3 Å². The van der Waals surface area contributed by atoms with Crippen molar-refractivity contribution in [1.29, 1.82) is 0 Å². The van der Waals surface area contributed by atoms with Crippen molar-refractivity contribution in [2.24, 2.45) is 0 Å². The second-order valence-corrected chi connectivity index (χ2v) is 8.36. The lowest BCUT2D eigenvalue weighted by molar-refractivity contribution is -0.137. The molecule has 0 fully saturated rings. The van der Waals surface area contributed by atoms with Gasteiger partial charge in [0, 0.05) is 0 Å². The topological polar surface area (TPSA) is 87.6 Å². The van der Waals surface area contributed by atoms with Gasteiger partial charge in [-0.25, -0.2) is 13.4 Å². The molecule has 0 aliphatic carbocycles. The van der Waals surface area contributed by atoms with Gasteiger partial charge in [-0.05, 0) is 25.0 Å². The van der Waals surface area contributed by atoms with Crippen LogP contribution in [0, 0.1) is 6.92 Å². The molecule has 0 unspecified atom stereocenters. The van der Waals surface area contributed by atoms with E-state index in [1.807, 2.05) is 12.1 Å². The molecule has 0 amide bonds. The molecule has 0 spiro atoms. The number of rotatable bonds is 4. The molecular formula is C14H14N2O4S2. The summed E-state index contributed by atoms with van der Waals surface area (Å²) in [6.07, 6.45) is 1.50. The Kier molecular flexibility index (Phi) is 3.65. The Hall–Kier alpha value is -1.93. The van der Waals surface area contributed by atoms with Crippen molar-refractivity contribution in [3.8, 4) is 0 Å². The van der Waals surface area contributed by atoms with Crippen molar-refractivity contribution >= 4 is 33.0 Å². The predicted molar refractivity (Wildman–Crippen MR) is 82.7 cm³/mol. The lowest BCUT2D eigenvalue weighted by Crippen LogP contribution is -2.38. The van der Waals surface area contributed by atoms with Gasteiger partial charge in [0.2, 0.25) is 0 Å². The summed E-state index contributed by atoms with van der Waals surface area (Å²) < 4.78 is 27.2. The highest BCUT2D eigenvalue weighted by molar-refractivity contribution is 7.94. The van der Waals surface area contributed by atoms with Crippen LogP contribution in [-0.2, 0) is 21.2 Å². The van der Waals surface area contributed by atoms with Crippen LogP contribution in [0.5, 0.6) is 0 Å². The van der Waals surface area contributed by atoms with Gasteiger partial charge in [-0.3, -0.25) is 9.10 Å². The fourth-order valence-electron chi connectivity index (χ4n) is 2.67. The highest BCUT2D eigenvalue weighted by Crippen LogP contribution is 2.38. The van der Waals surface area contributed by atoms with Crippen LogP contribution < -0.4 is 4.31 Å². The number of carboxylic acids is 1. The first-order chi connectivity index (χ1) is 10.4. The molecule has 2 heterocycles. The van der Waals surface area contributed by atoms with Crippen molar-refractivity contribution in [2.45, 2.75) is 30.0 Å². The maximum Gasteiger partial charge on any atom is 0.305 e. The molecule has 8 heteroatoms. The molecule has 1 atom stereocenters. The van der Waals surface area contributed by atoms with Crippen LogP contribution in [-0.4, -0.2) is 30.5 Å². The molecular weight excluding hydrogens is 324 g/mol. The number of aliphatic carboxylic acids is 1. The zero-order valence-corrected chi connectivity index (χ0v) is 13.4. The quantitative estimate of drug-likeness (QED) is 0.922. The summed E-state index contributed by atoms with van der Waals surface area (Å²) in [4.78, 5) is 15.1. The maximum atomic E-state index is 12.9. The van der Waals surface area contributed by atoms with Crippen LogP contribution in [0.2, 0.25) is 0 Å². The average Bonchev–Trinajstić information content (AvgIpc) is 3.01. The van der Waals surface area contributed by atoms with E-state index in [0.717, 1.165) is 16.9 Å².